The minimum atomic E-state index is -0.268. The summed E-state index contributed by atoms with van der Waals surface area (Å²) in [7, 11) is 0. The lowest BCUT2D eigenvalue weighted by molar-refractivity contribution is -0.121. The number of ether oxygens (including phenoxy) is 1. The lowest BCUT2D eigenvalue weighted by Crippen LogP contribution is -2.47. The average molecular weight is 336 g/mol. The third-order valence-corrected chi connectivity index (χ3v) is 4.64. The van der Waals surface area contributed by atoms with E-state index in [0.29, 0.717) is 19.7 Å². The zero-order valence-electron chi connectivity index (χ0n) is 13.0. The third kappa shape index (κ3) is 3.82. The van der Waals surface area contributed by atoms with Crippen molar-refractivity contribution in [2.24, 2.45) is 0 Å². The van der Waals surface area contributed by atoms with Crippen LogP contribution in [0.25, 0.3) is 4.96 Å². The number of hydrogen-bond donors (Lipinski definition) is 1. The summed E-state index contributed by atoms with van der Waals surface area (Å²) in [6.07, 6.45) is 5.34. The molecule has 0 saturated carbocycles. The van der Waals surface area contributed by atoms with Crippen molar-refractivity contribution in [1.29, 1.82) is 0 Å². The van der Waals surface area contributed by atoms with Gasteiger partial charge in [0.2, 0.25) is 5.91 Å². The quantitative estimate of drug-likeness (QED) is 0.921. The SMILES string of the molecule is CCOC(=O)N1CCC(NC(=O)Cc2cn3ccsc3n2)CC1. The number of aromatic nitrogens is 2. The van der Waals surface area contributed by atoms with E-state index >= 15 is 0 Å². The number of hydrogen-bond acceptors (Lipinski definition) is 5. The van der Waals surface area contributed by atoms with Gasteiger partial charge >= 0.3 is 6.09 Å². The van der Waals surface area contributed by atoms with Gasteiger partial charge in [-0.25, -0.2) is 9.78 Å². The number of nitrogens with zero attached hydrogens (tertiary/aromatic N) is 3. The van der Waals surface area contributed by atoms with E-state index in [4.69, 9.17) is 4.74 Å². The van der Waals surface area contributed by atoms with Crippen molar-refractivity contribution >= 4 is 28.3 Å². The smallest absolute Gasteiger partial charge is 0.409 e. The Morgan fingerprint density at radius 3 is 2.91 bits per heavy atom. The highest BCUT2D eigenvalue weighted by molar-refractivity contribution is 7.15. The van der Waals surface area contributed by atoms with E-state index in [1.54, 1.807) is 23.2 Å². The fourth-order valence-electron chi connectivity index (χ4n) is 2.73. The molecule has 1 aliphatic heterocycles. The molecule has 0 radical (unpaired) electrons. The molecule has 0 spiro atoms. The van der Waals surface area contributed by atoms with Crippen LogP contribution in [0.2, 0.25) is 0 Å². The van der Waals surface area contributed by atoms with Gasteiger partial charge in [-0.05, 0) is 19.8 Å². The summed E-state index contributed by atoms with van der Waals surface area (Å²) in [6.45, 7) is 3.41. The molecule has 1 saturated heterocycles. The van der Waals surface area contributed by atoms with E-state index < -0.39 is 0 Å². The maximum atomic E-state index is 12.1. The van der Waals surface area contributed by atoms with Crippen LogP contribution in [0.15, 0.2) is 17.8 Å². The normalized spacial score (nSPS) is 15.8. The van der Waals surface area contributed by atoms with Gasteiger partial charge in [0.25, 0.3) is 0 Å². The molecule has 0 aliphatic carbocycles. The summed E-state index contributed by atoms with van der Waals surface area (Å²) in [5, 5.41) is 4.99. The maximum Gasteiger partial charge on any atom is 0.409 e. The number of carbonyl (C=O) groups excluding carboxylic acids is 2. The van der Waals surface area contributed by atoms with Crippen LogP contribution in [0.5, 0.6) is 0 Å². The van der Waals surface area contributed by atoms with E-state index in [1.807, 2.05) is 22.2 Å². The third-order valence-electron chi connectivity index (χ3n) is 3.87. The molecule has 2 aromatic rings. The van der Waals surface area contributed by atoms with E-state index in [9.17, 15) is 9.59 Å². The molecule has 8 heteroatoms. The Kier molecular flexibility index (Phi) is 4.80. The molecule has 0 atom stereocenters. The Hall–Kier alpha value is -2.09. The number of thiazole rings is 1. The van der Waals surface area contributed by atoms with E-state index in [0.717, 1.165) is 23.5 Å². The summed E-state index contributed by atoms with van der Waals surface area (Å²) >= 11 is 1.55. The predicted octanol–water partition coefficient (Wildman–Crippen LogP) is 1.68. The van der Waals surface area contributed by atoms with Gasteiger partial charge in [-0.15, -0.1) is 11.3 Å². The molecule has 0 aromatic carbocycles. The molecule has 23 heavy (non-hydrogen) atoms. The monoisotopic (exact) mass is 336 g/mol. The van der Waals surface area contributed by atoms with Crippen LogP contribution in [0.1, 0.15) is 25.5 Å². The number of piperidine rings is 1. The van der Waals surface area contributed by atoms with Gasteiger partial charge in [-0.2, -0.15) is 0 Å². The Labute approximate surface area is 138 Å². The first-order valence-electron chi connectivity index (χ1n) is 7.78. The van der Waals surface area contributed by atoms with Crippen LogP contribution in [0.4, 0.5) is 4.79 Å². The van der Waals surface area contributed by atoms with E-state index in [1.165, 1.54) is 0 Å². The average Bonchev–Trinajstić information content (AvgIpc) is 3.09. The largest absolute Gasteiger partial charge is 0.450 e. The molecule has 7 nitrogen and oxygen atoms in total. The zero-order valence-corrected chi connectivity index (χ0v) is 13.8. The summed E-state index contributed by atoms with van der Waals surface area (Å²) in [5.41, 5.74) is 0.776. The van der Waals surface area contributed by atoms with Gasteiger partial charge in [0.1, 0.15) is 0 Å². The van der Waals surface area contributed by atoms with Crippen molar-refractivity contribution in [1.82, 2.24) is 19.6 Å². The Bertz CT molecular complexity index is 659. The highest BCUT2D eigenvalue weighted by Crippen LogP contribution is 2.13. The zero-order chi connectivity index (χ0) is 16.2. The minimum Gasteiger partial charge on any atom is -0.450 e. The van der Waals surface area contributed by atoms with Crippen LogP contribution in [-0.2, 0) is 16.0 Å². The van der Waals surface area contributed by atoms with Crippen LogP contribution in [0.3, 0.4) is 0 Å². The van der Waals surface area contributed by atoms with Gasteiger partial charge in [-0.1, -0.05) is 0 Å². The maximum absolute atomic E-state index is 12.1. The van der Waals surface area contributed by atoms with Crippen LogP contribution < -0.4 is 5.32 Å². The molecule has 1 aliphatic rings. The summed E-state index contributed by atoms with van der Waals surface area (Å²) in [6, 6.07) is 0.108. The van der Waals surface area contributed by atoms with Gasteiger partial charge in [0.15, 0.2) is 4.96 Å². The van der Waals surface area contributed by atoms with Crippen molar-refractivity contribution in [2.75, 3.05) is 19.7 Å². The summed E-state index contributed by atoms with van der Waals surface area (Å²) in [5.74, 6) is -0.0228. The summed E-state index contributed by atoms with van der Waals surface area (Å²) in [4.78, 5) is 30.8. The van der Waals surface area contributed by atoms with E-state index in [-0.39, 0.29) is 24.5 Å². The molecule has 124 valence electrons. The molecule has 2 aromatic heterocycles. The van der Waals surface area contributed by atoms with Crippen LogP contribution >= 0.6 is 11.3 Å². The number of amides is 2. The molecule has 1 fully saturated rings. The number of nitrogens with one attached hydrogen (secondary N) is 1. The first kappa shape index (κ1) is 15.8. The predicted molar refractivity (Wildman–Crippen MR) is 86.5 cm³/mol. The standard InChI is InChI=1S/C15H20N4O3S/c1-2-22-15(21)18-5-3-11(4-6-18)16-13(20)9-12-10-19-7-8-23-14(19)17-12/h7-8,10-11H,2-6,9H2,1H3,(H,16,20). The second-order valence-corrected chi connectivity index (χ2v) is 6.40. The minimum absolute atomic E-state index is 0.0228. The van der Waals surface area contributed by atoms with E-state index in [2.05, 4.69) is 10.3 Å². The lowest BCUT2D eigenvalue weighted by Gasteiger charge is -2.31. The molecule has 2 amide bonds. The molecular weight excluding hydrogens is 316 g/mol. The van der Waals surface area contributed by atoms with Crippen molar-refractivity contribution in [3.8, 4) is 0 Å². The Morgan fingerprint density at radius 2 is 2.22 bits per heavy atom. The van der Waals surface area contributed by atoms with Crippen molar-refractivity contribution in [2.45, 2.75) is 32.2 Å². The second kappa shape index (κ2) is 6.99. The summed E-state index contributed by atoms with van der Waals surface area (Å²) < 4.78 is 6.91. The topological polar surface area (TPSA) is 75.9 Å². The highest BCUT2D eigenvalue weighted by Gasteiger charge is 2.24. The lowest BCUT2D eigenvalue weighted by atomic mass is 10.1. The van der Waals surface area contributed by atoms with Crippen molar-refractivity contribution < 1.29 is 14.3 Å². The van der Waals surface area contributed by atoms with Crippen molar-refractivity contribution in [3.05, 3.63) is 23.5 Å². The first-order valence-corrected chi connectivity index (χ1v) is 8.66. The Morgan fingerprint density at radius 1 is 1.43 bits per heavy atom. The Balaban J connectivity index is 1.45. The fourth-order valence-corrected chi connectivity index (χ4v) is 3.44. The molecule has 1 N–H and O–H groups in total. The highest BCUT2D eigenvalue weighted by atomic mass is 32.1. The molecule has 3 rings (SSSR count). The van der Waals surface area contributed by atoms with Gasteiger partial charge < -0.3 is 15.0 Å². The number of imidazole rings is 1. The molecular formula is C15H20N4O3S. The van der Waals surface area contributed by atoms with Gasteiger partial charge in [0.05, 0.1) is 18.7 Å². The second-order valence-electron chi connectivity index (χ2n) is 5.53. The molecule has 0 unspecified atom stereocenters. The van der Waals surface area contributed by atoms with Crippen LogP contribution in [-0.4, -0.2) is 52.0 Å². The number of carbonyl (C=O) groups is 2. The molecule has 3 heterocycles. The number of likely N-dealkylation sites (tertiary alicyclic amines) is 1. The fraction of sp³-hybridized carbons (Fsp3) is 0.533. The van der Waals surface area contributed by atoms with Gasteiger partial charge in [0, 0.05) is 36.9 Å². The van der Waals surface area contributed by atoms with Crippen LogP contribution in [0, 0.1) is 0 Å². The molecule has 0 bridgehead atoms. The number of fused-ring (bicyclic) bond motifs is 1. The van der Waals surface area contributed by atoms with Crippen molar-refractivity contribution in [3.63, 3.8) is 0 Å². The number of rotatable bonds is 4. The first-order chi connectivity index (χ1) is 11.2. The van der Waals surface area contributed by atoms with Gasteiger partial charge in [-0.3, -0.25) is 9.20 Å².